The van der Waals surface area contributed by atoms with Gasteiger partial charge in [-0.2, -0.15) is 0 Å². The Labute approximate surface area is 168 Å². The highest BCUT2D eigenvalue weighted by atomic mass is 16.6. The molecule has 0 saturated heterocycles. The van der Waals surface area contributed by atoms with Crippen molar-refractivity contribution in [3.8, 4) is 0 Å². The lowest BCUT2D eigenvalue weighted by Crippen LogP contribution is -2.28. The molecule has 0 fully saturated rings. The van der Waals surface area contributed by atoms with Crippen LogP contribution in [0.4, 0.5) is 0 Å². The summed E-state index contributed by atoms with van der Waals surface area (Å²) >= 11 is 0. The molecular formula is C22H35N3O3. The van der Waals surface area contributed by atoms with E-state index in [1.54, 1.807) is 7.05 Å². The molecule has 0 radical (unpaired) electrons. The van der Waals surface area contributed by atoms with Crippen LogP contribution in [0.25, 0.3) is 0 Å². The van der Waals surface area contributed by atoms with Gasteiger partial charge in [-0.15, -0.1) is 0 Å². The Kier molecular flexibility index (Phi) is 8.01. The normalized spacial score (nSPS) is 12.5. The lowest BCUT2D eigenvalue weighted by Gasteiger charge is -2.25. The molecule has 28 heavy (non-hydrogen) atoms. The first-order chi connectivity index (χ1) is 13.3. The second-order valence-electron chi connectivity index (χ2n) is 7.71. The van der Waals surface area contributed by atoms with E-state index in [4.69, 9.17) is 9.36 Å². The zero-order valence-corrected chi connectivity index (χ0v) is 18.4. The highest BCUT2D eigenvalue weighted by molar-refractivity contribution is 5.52. The van der Waals surface area contributed by atoms with Crippen LogP contribution in [0.15, 0.2) is 9.32 Å². The first-order valence-corrected chi connectivity index (χ1v) is 10.2. The second-order valence-corrected chi connectivity index (χ2v) is 7.71. The van der Waals surface area contributed by atoms with Gasteiger partial charge in [0.15, 0.2) is 5.82 Å². The van der Waals surface area contributed by atoms with Crippen molar-refractivity contribution in [3.05, 3.63) is 49.8 Å². The maximum Gasteiger partial charge on any atom is 0.441 e. The molecule has 1 unspecified atom stereocenters. The summed E-state index contributed by atoms with van der Waals surface area (Å²) in [6, 6.07) is 0. The van der Waals surface area contributed by atoms with E-state index in [-0.39, 0.29) is 5.92 Å². The van der Waals surface area contributed by atoms with Crippen molar-refractivity contribution in [2.75, 3.05) is 13.2 Å². The third kappa shape index (κ3) is 4.73. The molecule has 6 nitrogen and oxygen atoms in total. The van der Waals surface area contributed by atoms with E-state index in [0.29, 0.717) is 19.0 Å². The SMILES string of the molecule is CCCCCCONCC(c1c(C)c(C)c(C)c(C)c1C)c1noc(=O)n1C. The van der Waals surface area contributed by atoms with Gasteiger partial charge in [0.05, 0.1) is 12.5 Å². The largest absolute Gasteiger partial charge is 0.441 e. The van der Waals surface area contributed by atoms with Crippen molar-refractivity contribution in [1.29, 1.82) is 0 Å². The average Bonchev–Trinajstić information content (AvgIpc) is 3.01. The van der Waals surface area contributed by atoms with Gasteiger partial charge in [0.2, 0.25) is 0 Å². The summed E-state index contributed by atoms with van der Waals surface area (Å²) in [5.74, 6) is 0.0300. The Hall–Kier alpha value is -1.92. The Morgan fingerprint density at radius 2 is 1.61 bits per heavy atom. The van der Waals surface area contributed by atoms with E-state index in [2.05, 4.69) is 52.2 Å². The van der Waals surface area contributed by atoms with Gasteiger partial charge in [0.1, 0.15) is 0 Å². The number of aromatic nitrogens is 2. The molecule has 1 heterocycles. The fraction of sp³-hybridized carbons (Fsp3) is 0.636. The molecule has 156 valence electrons. The lowest BCUT2D eigenvalue weighted by molar-refractivity contribution is 0.0363. The summed E-state index contributed by atoms with van der Waals surface area (Å²) in [5.41, 5.74) is 10.6. The minimum absolute atomic E-state index is 0.134. The molecule has 0 bridgehead atoms. The Morgan fingerprint density at radius 3 is 2.14 bits per heavy atom. The number of benzene rings is 1. The molecule has 6 heteroatoms. The van der Waals surface area contributed by atoms with Crippen molar-refractivity contribution in [2.24, 2.45) is 7.05 Å². The predicted octanol–water partition coefficient (Wildman–Crippen LogP) is 4.15. The van der Waals surface area contributed by atoms with Crippen molar-refractivity contribution < 1.29 is 9.36 Å². The Bertz CT molecular complexity index is 822. The van der Waals surface area contributed by atoms with Crippen molar-refractivity contribution in [3.63, 3.8) is 0 Å². The van der Waals surface area contributed by atoms with E-state index < -0.39 is 5.76 Å². The third-order valence-electron chi connectivity index (χ3n) is 6.04. The molecule has 1 aromatic heterocycles. The van der Waals surface area contributed by atoms with E-state index in [1.165, 1.54) is 57.2 Å². The number of unbranched alkanes of at least 4 members (excludes halogenated alkanes) is 3. The summed E-state index contributed by atoms with van der Waals surface area (Å²) in [6.45, 7) is 14.1. The molecule has 0 aliphatic carbocycles. The molecular weight excluding hydrogens is 354 g/mol. The van der Waals surface area contributed by atoms with Crippen molar-refractivity contribution in [2.45, 2.75) is 73.1 Å². The van der Waals surface area contributed by atoms with Crippen LogP contribution in [-0.2, 0) is 11.9 Å². The highest BCUT2D eigenvalue weighted by Crippen LogP contribution is 2.34. The number of rotatable bonds is 10. The average molecular weight is 390 g/mol. The zero-order valence-electron chi connectivity index (χ0n) is 18.4. The van der Waals surface area contributed by atoms with Crippen LogP contribution >= 0.6 is 0 Å². The number of nitrogens with one attached hydrogen (secondary N) is 1. The van der Waals surface area contributed by atoms with Crippen LogP contribution in [0.3, 0.4) is 0 Å². The van der Waals surface area contributed by atoms with E-state index >= 15 is 0 Å². The molecule has 2 aromatic rings. The number of hydrogen-bond acceptors (Lipinski definition) is 5. The molecule has 0 saturated carbocycles. The number of hydroxylamine groups is 1. The highest BCUT2D eigenvalue weighted by Gasteiger charge is 2.27. The van der Waals surface area contributed by atoms with Gasteiger partial charge < -0.3 is 4.84 Å². The van der Waals surface area contributed by atoms with E-state index in [0.717, 1.165) is 6.42 Å². The topological polar surface area (TPSA) is 69.3 Å². The lowest BCUT2D eigenvalue weighted by atomic mass is 9.83. The van der Waals surface area contributed by atoms with Gasteiger partial charge >= 0.3 is 5.76 Å². The van der Waals surface area contributed by atoms with Gasteiger partial charge in [-0.05, 0) is 74.4 Å². The maximum atomic E-state index is 11.9. The molecule has 0 spiro atoms. The van der Waals surface area contributed by atoms with Gasteiger partial charge in [0, 0.05) is 13.6 Å². The molecule has 2 rings (SSSR count). The minimum atomic E-state index is -0.448. The quantitative estimate of drug-likeness (QED) is 0.488. The Balaban J connectivity index is 2.31. The van der Waals surface area contributed by atoms with Crippen molar-refractivity contribution in [1.82, 2.24) is 15.2 Å². The third-order valence-corrected chi connectivity index (χ3v) is 6.04. The smallest absolute Gasteiger partial charge is 0.302 e. The minimum Gasteiger partial charge on any atom is -0.302 e. The summed E-state index contributed by atoms with van der Waals surface area (Å²) in [7, 11) is 1.70. The summed E-state index contributed by atoms with van der Waals surface area (Å²) < 4.78 is 6.41. The molecule has 1 N–H and O–H groups in total. The van der Waals surface area contributed by atoms with Crippen LogP contribution in [0.5, 0.6) is 0 Å². The van der Waals surface area contributed by atoms with E-state index in [9.17, 15) is 4.79 Å². The zero-order chi connectivity index (χ0) is 20.8. The number of nitrogens with zero attached hydrogens (tertiary/aromatic N) is 2. The first-order valence-electron chi connectivity index (χ1n) is 10.2. The Morgan fingerprint density at radius 1 is 1.00 bits per heavy atom. The second kappa shape index (κ2) is 10.0. The van der Waals surface area contributed by atoms with Crippen LogP contribution < -0.4 is 11.2 Å². The first kappa shape index (κ1) is 22.4. The summed E-state index contributed by atoms with van der Waals surface area (Å²) in [4.78, 5) is 17.6. The summed E-state index contributed by atoms with van der Waals surface area (Å²) in [6.07, 6.45) is 4.65. The fourth-order valence-corrected chi connectivity index (χ4v) is 3.79. The summed E-state index contributed by atoms with van der Waals surface area (Å²) in [5, 5.41) is 4.08. The molecule has 0 aliphatic heterocycles. The van der Waals surface area contributed by atoms with Gasteiger partial charge in [0.25, 0.3) is 0 Å². The van der Waals surface area contributed by atoms with Crippen LogP contribution in [0.2, 0.25) is 0 Å². The predicted molar refractivity (Wildman–Crippen MR) is 112 cm³/mol. The van der Waals surface area contributed by atoms with E-state index in [1.807, 2.05) is 0 Å². The maximum absolute atomic E-state index is 11.9. The monoisotopic (exact) mass is 389 g/mol. The fourth-order valence-electron chi connectivity index (χ4n) is 3.79. The van der Waals surface area contributed by atoms with Crippen LogP contribution in [0, 0.1) is 34.6 Å². The van der Waals surface area contributed by atoms with Crippen LogP contribution in [-0.4, -0.2) is 22.9 Å². The van der Waals surface area contributed by atoms with Crippen molar-refractivity contribution >= 4 is 0 Å². The molecule has 0 aliphatic rings. The standard InChI is InChI=1S/C22H35N3O3/c1-8-9-10-11-12-27-23-13-19(21-24-28-22(26)25(21)7)20-17(5)15(3)14(2)16(4)18(20)6/h19,23H,8-13H2,1-7H3. The number of hydrogen-bond donors (Lipinski definition) is 1. The molecule has 1 aromatic carbocycles. The molecule has 1 atom stereocenters. The van der Waals surface area contributed by atoms with Gasteiger partial charge in [-0.1, -0.05) is 31.3 Å². The molecule has 0 amide bonds. The van der Waals surface area contributed by atoms with Gasteiger partial charge in [-0.25, -0.2) is 10.3 Å². The van der Waals surface area contributed by atoms with Gasteiger partial charge in [-0.3, -0.25) is 9.09 Å². The van der Waals surface area contributed by atoms with Crippen LogP contribution in [0.1, 0.15) is 77.7 Å².